The van der Waals surface area contributed by atoms with Crippen molar-refractivity contribution in [1.29, 1.82) is 0 Å². The number of hydrogen-bond donors (Lipinski definition) is 1. The van der Waals surface area contributed by atoms with E-state index in [0.717, 1.165) is 27.3 Å². The highest BCUT2D eigenvalue weighted by Gasteiger charge is 2.09. The number of fused-ring (bicyclic) bond motifs is 2. The number of amides is 1. The normalized spacial score (nSPS) is 11.2. The lowest BCUT2D eigenvalue weighted by molar-refractivity contribution is 0.102. The third-order valence-corrected chi connectivity index (χ3v) is 5.61. The maximum Gasteiger partial charge on any atom is 0.256 e. The van der Waals surface area contributed by atoms with Crippen LogP contribution >= 0.6 is 11.3 Å². The van der Waals surface area contributed by atoms with Crippen molar-refractivity contribution >= 4 is 43.9 Å². The summed E-state index contributed by atoms with van der Waals surface area (Å²) in [6.07, 6.45) is 5.59. The Morgan fingerprint density at radius 3 is 2.75 bits per heavy atom. The van der Waals surface area contributed by atoms with Crippen LogP contribution in [0, 0.1) is 0 Å². The minimum absolute atomic E-state index is 0.164. The molecule has 3 aromatic heterocycles. The molecule has 0 aliphatic rings. The molecule has 0 radical (unpaired) electrons. The molecule has 1 N–H and O–H groups in total. The fourth-order valence-corrected chi connectivity index (χ4v) is 4.03. The van der Waals surface area contributed by atoms with Crippen molar-refractivity contribution in [1.82, 2.24) is 14.8 Å². The number of rotatable bonds is 3. The van der Waals surface area contributed by atoms with Gasteiger partial charge in [-0.15, -0.1) is 11.3 Å². The van der Waals surface area contributed by atoms with Crippen LogP contribution in [0.2, 0.25) is 0 Å². The van der Waals surface area contributed by atoms with Gasteiger partial charge in [0.2, 0.25) is 0 Å². The monoisotopic (exact) mass is 384 g/mol. The van der Waals surface area contributed by atoms with Crippen LogP contribution in [0.25, 0.3) is 32.0 Å². The fourth-order valence-electron chi connectivity index (χ4n) is 3.26. The summed E-state index contributed by atoms with van der Waals surface area (Å²) < 4.78 is 2.95. The van der Waals surface area contributed by atoms with Gasteiger partial charge >= 0.3 is 0 Å². The largest absolute Gasteiger partial charge is 0.307 e. The Bertz CT molecular complexity index is 1330. The SMILES string of the molecule is Cn1cc(-c2ccc3cnc(NC(=O)c4ccc5sccc5c4)cc3c2)cn1. The number of aryl methyl sites for hydroxylation is 1. The molecule has 0 bridgehead atoms. The van der Waals surface area contributed by atoms with Crippen LogP contribution in [0.3, 0.4) is 0 Å². The standard InChI is InChI=1S/C22H16N4OS/c1-26-13-19(12-24-26)14-2-3-17-11-23-21(10-18(17)8-14)25-22(27)16-4-5-20-15(9-16)6-7-28-20/h2-13H,1H3,(H,23,25,27). The number of benzene rings is 2. The van der Waals surface area contributed by atoms with Crippen LogP contribution in [0.5, 0.6) is 0 Å². The highest BCUT2D eigenvalue weighted by molar-refractivity contribution is 7.17. The number of nitrogens with zero attached hydrogens (tertiary/aromatic N) is 3. The number of nitrogens with one attached hydrogen (secondary N) is 1. The zero-order valence-corrected chi connectivity index (χ0v) is 15.9. The second-order valence-electron chi connectivity index (χ2n) is 6.66. The van der Waals surface area contributed by atoms with E-state index < -0.39 is 0 Å². The molecule has 136 valence electrons. The predicted octanol–water partition coefficient (Wildman–Crippen LogP) is 5.10. The topological polar surface area (TPSA) is 59.8 Å². The summed E-state index contributed by atoms with van der Waals surface area (Å²) in [6, 6.07) is 15.8. The zero-order valence-electron chi connectivity index (χ0n) is 15.1. The van der Waals surface area contributed by atoms with Crippen LogP contribution < -0.4 is 5.32 Å². The molecule has 5 nitrogen and oxygen atoms in total. The fraction of sp³-hybridized carbons (Fsp3) is 0.0455. The van der Waals surface area contributed by atoms with Crippen LogP contribution in [-0.4, -0.2) is 20.7 Å². The summed E-state index contributed by atoms with van der Waals surface area (Å²) in [5.41, 5.74) is 2.75. The minimum atomic E-state index is -0.164. The maximum absolute atomic E-state index is 12.6. The van der Waals surface area contributed by atoms with Crippen molar-refractivity contribution in [3.63, 3.8) is 0 Å². The van der Waals surface area contributed by atoms with E-state index in [-0.39, 0.29) is 5.91 Å². The molecule has 2 aromatic carbocycles. The first-order valence-corrected chi connectivity index (χ1v) is 9.71. The highest BCUT2D eigenvalue weighted by Crippen LogP contribution is 2.26. The van der Waals surface area contributed by atoms with Gasteiger partial charge in [-0.3, -0.25) is 9.48 Å². The summed E-state index contributed by atoms with van der Waals surface area (Å²) in [4.78, 5) is 17.0. The molecule has 28 heavy (non-hydrogen) atoms. The number of anilines is 1. The van der Waals surface area contributed by atoms with Gasteiger partial charge in [0.15, 0.2) is 0 Å². The number of thiophene rings is 1. The molecule has 5 aromatic rings. The number of pyridine rings is 1. The smallest absolute Gasteiger partial charge is 0.256 e. The molecule has 0 aliphatic carbocycles. The first-order chi connectivity index (χ1) is 13.7. The molecule has 0 unspecified atom stereocenters. The van der Waals surface area contributed by atoms with Gasteiger partial charge in [-0.1, -0.05) is 12.1 Å². The predicted molar refractivity (Wildman–Crippen MR) is 114 cm³/mol. The molecule has 3 heterocycles. The van der Waals surface area contributed by atoms with Crippen molar-refractivity contribution in [2.75, 3.05) is 5.32 Å². The van der Waals surface area contributed by atoms with Crippen molar-refractivity contribution < 1.29 is 4.79 Å². The van der Waals surface area contributed by atoms with Crippen LogP contribution in [0.15, 0.2) is 72.5 Å². The van der Waals surface area contributed by atoms with Gasteiger partial charge in [0.25, 0.3) is 5.91 Å². The van der Waals surface area contributed by atoms with Crippen molar-refractivity contribution in [2.45, 2.75) is 0 Å². The van der Waals surface area contributed by atoms with Gasteiger partial charge in [-0.25, -0.2) is 4.98 Å². The van der Waals surface area contributed by atoms with Crippen LogP contribution in [-0.2, 0) is 7.05 Å². The first kappa shape index (κ1) is 16.6. The first-order valence-electron chi connectivity index (χ1n) is 8.83. The van der Waals surface area contributed by atoms with E-state index >= 15 is 0 Å². The minimum Gasteiger partial charge on any atom is -0.307 e. The molecule has 0 saturated carbocycles. The molecule has 0 fully saturated rings. The maximum atomic E-state index is 12.6. The summed E-state index contributed by atoms with van der Waals surface area (Å²) in [6.45, 7) is 0. The Balaban J connectivity index is 1.45. The Kier molecular flexibility index (Phi) is 3.91. The molecule has 6 heteroatoms. The van der Waals surface area contributed by atoms with Gasteiger partial charge in [-0.2, -0.15) is 5.10 Å². The zero-order chi connectivity index (χ0) is 19.1. The highest BCUT2D eigenvalue weighted by atomic mass is 32.1. The number of carbonyl (C=O) groups excluding carboxylic acids is 1. The summed E-state index contributed by atoms with van der Waals surface area (Å²) in [7, 11) is 1.90. The molecule has 0 spiro atoms. The van der Waals surface area contributed by atoms with E-state index in [4.69, 9.17) is 0 Å². The van der Waals surface area contributed by atoms with E-state index in [2.05, 4.69) is 27.5 Å². The Labute approximate surface area is 165 Å². The van der Waals surface area contributed by atoms with Crippen molar-refractivity contribution in [3.05, 3.63) is 78.1 Å². The molecular formula is C22H16N4OS. The summed E-state index contributed by atoms with van der Waals surface area (Å²) in [5, 5.41) is 12.3. The Morgan fingerprint density at radius 2 is 1.89 bits per heavy atom. The van der Waals surface area contributed by atoms with Gasteiger partial charge in [0.05, 0.1) is 6.20 Å². The van der Waals surface area contributed by atoms with Crippen molar-refractivity contribution in [2.24, 2.45) is 7.05 Å². The van der Waals surface area contributed by atoms with Crippen LogP contribution in [0.4, 0.5) is 5.82 Å². The molecule has 0 atom stereocenters. The lowest BCUT2D eigenvalue weighted by Gasteiger charge is -2.07. The van der Waals surface area contributed by atoms with Gasteiger partial charge in [-0.05, 0) is 58.1 Å². The molecule has 1 amide bonds. The lowest BCUT2D eigenvalue weighted by atomic mass is 10.0. The van der Waals surface area contributed by atoms with E-state index in [1.165, 1.54) is 4.70 Å². The molecule has 0 saturated heterocycles. The Hall–Kier alpha value is -3.51. The van der Waals surface area contributed by atoms with E-state index in [0.29, 0.717) is 11.4 Å². The summed E-state index contributed by atoms with van der Waals surface area (Å²) >= 11 is 1.66. The second kappa shape index (κ2) is 6.58. The summed E-state index contributed by atoms with van der Waals surface area (Å²) in [5.74, 6) is 0.370. The van der Waals surface area contributed by atoms with Gasteiger partial charge in [0, 0.05) is 40.7 Å². The van der Waals surface area contributed by atoms with Crippen LogP contribution in [0.1, 0.15) is 10.4 Å². The molecule has 5 rings (SSSR count). The van der Waals surface area contributed by atoms with E-state index in [1.807, 2.05) is 61.2 Å². The third-order valence-electron chi connectivity index (χ3n) is 4.72. The van der Waals surface area contributed by atoms with E-state index in [1.54, 1.807) is 22.2 Å². The number of aromatic nitrogens is 3. The van der Waals surface area contributed by atoms with E-state index in [9.17, 15) is 4.79 Å². The average Bonchev–Trinajstić information content (AvgIpc) is 3.35. The number of carbonyl (C=O) groups is 1. The van der Waals surface area contributed by atoms with Gasteiger partial charge < -0.3 is 5.32 Å². The quantitative estimate of drug-likeness (QED) is 0.471. The Morgan fingerprint density at radius 1 is 0.964 bits per heavy atom. The second-order valence-corrected chi connectivity index (χ2v) is 7.61. The average molecular weight is 384 g/mol. The van der Waals surface area contributed by atoms with Crippen molar-refractivity contribution in [3.8, 4) is 11.1 Å². The molecular weight excluding hydrogens is 368 g/mol. The number of hydrogen-bond acceptors (Lipinski definition) is 4. The van der Waals surface area contributed by atoms with Gasteiger partial charge in [0.1, 0.15) is 5.82 Å². The lowest BCUT2D eigenvalue weighted by Crippen LogP contribution is -2.12. The third kappa shape index (κ3) is 3.04. The molecule has 0 aliphatic heterocycles.